The van der Waals surface area contributed by atoms with Crippen molar-refractivity contribution in [1.29, 1.82) is 0 Å². The van der Waals surface area contributed by atoms with E-state index < -0.39 is 0 Å². The van der Waals surface area contributed by atoms with Crippen molar-refractivity contribution in [3.63, 3.8) is 0 Å². The normalized spacial score (nSPS) is 19.3. The second-order valence-corrected chi connectivity index (χ2v) is 6.69. The van der Waals surface area contributed by atoms with Crippen molar-refractivity contribution in [1.82, 2.24) is 0 Å². The predicted octanol–water partition coefficient (Wildman–Crippen LogP) is 3.61. The summed E-state index contributed by atoms with van der Waals surface area (Å²) in [5.41, 5.74) is 0.664. The van der Waals surface area contributed by atoms with Crippen LogP contribution < -0.4 is 4.90 Å². The van der Waals surface area contributed by atoms with Crippen molar-refractivity contribution in [2.24, 2.45) is 0 Å². The molecule has 0 radical (unpaired) electrons. The Kier molecular flexibility index (Phi) is 5.05. The second kappa shape index (κ2) is 6.57. The van der Waals surface area contributed by atoms with E-state index in [-0.39, 0.29) is 17.1 Å². The number of amides is 2. The maximum Gasteiger partial charge on any atom is 0.247 e. The number of hydrogen-bond donors (Lipinski definition) is 0. The molecule has 5 heteroatoms. The third-order valence-electron chi connectivity index (χ3n) is 3.01. The van der Waals surface area contributed by atoms with Crippen LogP contribution in [0, 0.1) is 0 Å². The molecule has 0 aliphatic carbocycles. The molecule has 0 N–H and O–H groups in total. The van der Waals surface area contributed by atoms with Gasteiger partial charge in [-0.3, -0.25) is 9.59 Å². The molecule has 1 saturated heterocycles. The number of imide groups is 1. The standard InChI is InChI=1S/C14H16BrNO2S/c1-2-3-8-19-12-9-13(17)16(14(12)18)11-6-4-10(15)5-7-11/h4-7,12H,2-3,8-9H2,1H3/t12-/m1/s1. The number of halogens is 1. The van der Waals surface area contributed by atoms with E-state index in [2.05, 4.69) is 22.9 Å². The minimum atomic E-state index is -0.206. The van der Waals surface area contributed by atoms with Crippen LogP contribution >= 0.6 is 27.7 Å². The highest BCUT2D eigenvalue weighted by molar-refractivity contribution is 9.10. The highest BCUT2D eigenvalue weighted by Gasteiger charge is 2.39. The Morgan fingerprint density at radius 1 is 1.32 bits per heavy atom. The monoisotopic (exact) mass is 341 g/mol. The average Bonchev–Trinajstić information content (AvgIpc) is 2.67. The summed E-state index contributed by atoms with van der Waals surface area (Å²) in [4.78, 5) is 25.6. The molecule has 1 fully saturated rings. The van der Waals surface area contributed by atoms with Crippen LogP contribution in [0.2, 0.25) is 0 Å². The fraction of sp³-hybridized carbons (Fsp3) is 0.429. The highest BCUT2D eigenvalue weighted by Crippen LogP contribution is 2.30. The molecule has 1 atom stereocenters. The summed E-state index contributed by atoms with van der Waals surface area (Å²) in [7, 11) is 0. The van der Waals surface area contributed by atoms with Crippen LogP contribution in [-0.2, 0) is 9.59 Å². The molecule has 0 aromatic heterocycles. The molecule has 19 heavy (non-hydrogen) atoms. The van der Waals surface area contributed by atoms with Gasteiger partial charge in [-0.05, 0) is 36.4 Å². The van der Waals surface area contributed by atoms with Gasteiger partial charge in [-0.25, -0.2) is 4.90 Å². The zero-order valence-corrected chi connectivity index (χ0v) is 13.2. The number of hydrogen-bond acceptors (Lipinski definition) is 3. The van der Waals surface area contributed by atoms with Gasteiger partial charge in [-0.1, -0.05) is 29.3 Å². The van der Waals surface area contributed by atoms with Gasteiger partial charge in [-0.15, -0.1) is 11.8 Å². The van der Waals surface area contributed by atoms with E-state index in [9.17, 15) is 9.59 Å². The molecule has 102 valence electrons. The summed E-state index contributed by atoms with van der Waals surface area (Å²) in [5, 5.41) is -0.206. The molecule has 0 unspecified atom stereocenters. The Balaban J connectivity index is 2.08. The zero-order valence-electron chi connectivity index (χ0n) is 10.8. The third kappa shape index (κ3) is 3.39. The van der Waals surface area contributed by atoms with Crippen LogP contribution in [0.25, 0.3) is 0 Å². The summed E-state index contributed by atoms with van der Waals surface area (Å²) < 4.78 is 0.934. The summed E-state index contributed by atoms with van der Waals surface area (Å²) in [6.45, 7) is 2.12. The molecular formula is C14H16BrNO2S. The first-order valence-corrected chi connectivity index (χ1v) is 8.21. The van der Waals surface area contributed by atoms with Gasteiger partial charge >= 0.3 is 0 Å². The summed E-state index contributed by atoms with van der Waals surface area (Å²) >= 11 is 4.95. The molecule has 1 heterocycles. The fourth-order valence-corrected chi connectivity index (χ4v) is 3.48. The number of benzene rings is 1. The number of carbonyl (C=O) groups excluding carboxylic acids is 2. The van der Waals surface area contributed by atoms with E-state index in [1.54, 1.807) is 23.9 Å². The van der Waals surface area contributed by atoms with Gasteiger partial charge in [0.1, 0.15) is 0 Å². The van der Waals surface area contributed by atoms with E-state index in [1.165, 1.54) is 4.90 Å². The molecule has 0 bridgehead atoms. The lowest BCUT2D eigenvalue weighted by atomic mass is 10.3. The van der Waals surface area contributed by atoms with Gasteiger partial charge in [0.05, 0.1) is 10.9 Å². The smallest absolute Gasteiger partial charge is 0.247 e. The lowest BCUT2D eigenvalue weighted by molar-refractivity contribution is -0.121. The topological polar surface area (TPSA) is 37.4 Å². The first kappa shape index (κ1) is 14.6. The van der Waals surface area contributed by atoms with E-state index in [4.69, 9.17) is 0 Å². The van der Waals surface area contributed by atoms with Crippen LogP contribution in [0.4, 0.5) is 5.69 Å². The Morgan fingerprint density at radius 2 is 2.00 bits per heavy atom. The first-order chi connectivity index (χ1) is 9.13. The molecule has 2 amide bonds. The van der Waals surface area contributed by atoms with Gasteiger partial charge < -0.3 is 0 Å². The van der Waals surface area contributed by atoms with E-state index >= 15 is 0 Å². The summed E-state index contributed by atoms with van der Waals surface area (Å²) in [6.07, 6.45) is 2.52. The zero-order chi connectivity index (χ0) is 13.8. The maximum absolute atomic E-state index is 12.3. The van der Waals surface area contributed by atoms with E-state index in [0.717, 1.165) is 23.1 Å². The molecule has 1 aliphatic heterocycles. The number of thioether (sulfide) groups is 1. The predicted molar refractivity (Wildman–Crippen MR) is 82.4 cm³/mol. The minimum absolute atomic E-state index is 0.0755. The van der Waals surface area contributed by atoms with Gasteiger partial charge in [-0.2, -0.15) is 0 Å². The largest absolute Gasteiger partial charge is 0.274 e. The lowest BCUT2D eigenvalue weighted by Gasteiger charge is -2.14. The van der Waals surface area contributed by atoms with Crippen molar-refractivity contribution < 1.29 is 9.59 Å². The lowest BCUT2D eigenvalue weighted by Crippen LogP contribution is -2.31. The average molecular weight is 342 g/mol. The van der Waals surface area contributed by atoms with Crippen molar-refractivity contribution in [2.45, 2.75) is 31.4 Å². The SMILES string of the molecule is CCCCS[C@@H]1CC(=O)N(c2ccc(Br)cc2)C1=O. The molecule has 3 nitrogen and oxygen atoms in total. The van der Waals surface area contributed by atoms with Crippen LogP contribution in [0.5, 0.6) is 0 Å². The van der Waals surface area contributed by atoms with Crippen molar-refractivity contribution in [3.8, 4) is 0 Å². The van der Waals surface area contributed by atoms with Gasteiger partial charge in [0, 0.05) is 10.9 Å². The van der Waals surface area contributed by atoms with Crippen molar-refractivity contribution >= 4 is 45.2 Å². The number of anilines is 1. The number of unbranched alkanes of at least 4 members (excludes halogenated alkanes) is 1. The molecule has 1 aromatic rings. The molecular weight excluding hydrogens is 326 g/mol. The fourth-order valence-electron chi connectivity index (χ4n) is 1.97. The quantitative estimate of drug-likeness (QED) is 0.606. The Hall–Kier alpha value is -0.810. The maximum atomic E-state index is 12.3. The van der Waals surface area contributed by atoms with E-state index in [0.29, 0.717) is 12.1 Å². The summed E-state index contributed by atoms with van der Waals surface area (Å²) in [5.74, 6) is 0.767. The Bertz CT molecular complexity index is 475. The van der Waals surface area contributed by atoms with Gasteiger partial charge in [0.25, 0.3) is 0 Å². The third-order valence-corrected chi connectivity index (χ3v) is 4.83. The van der Waals surface area contributed by atoms with Crippen molar-refractivity contribution in [2.75, 3.05) is 10.7 Å². The molecule has 1 aliphatic rings. The first-order valence-electron chi connectivity index (χ1n) is 6.37. The van der Waals surface area contributed by atoms with Crippen molar-refractivity contribution in [3.05, 3.63) is 28.7 Å². The minimum Gasteiger partial charge on any atom is -0.274 e. The summed E-state index contributed by atoms with van der Waals surface area (Å²) in [6, 6.07) is 7.26. The molecule has 0 spiro atoms. The molecule has 0 saturated carbocycles. The van der Waals surface area contributed by atoms with Gasteiger partial charge in [0.2, 0.25) is 11.8 Å². The van der Waals surface area contributed by atoms with Crippen LogP contribution in [-0.4, -0.2) is 22.8 Å². The van der Waals surface area contributed by atoms with Gasteiger partial charge in [0.15, 0.2) is 0 Å². The van der Waals surface area contributed by atoms with E-state index in [1.807, 2.05) is 12.1 Å². The number of nitrogens with zero attached hydrogens (tertiary/aromatic N) is 1. The Morgan fingerprint density at radius 3 is 2.63 bits per heavy atom. The molecule has 1 aromatic carbocycles. The van der Waals surface area contributed by atoms with Crippen LogP contribution in [0.1, 0.15) is 26.2 Å². The number of carbonyl (C=O) groups is 2. The highest BCUT2D eigenvalue weighted by atomic mass is 79.9. The van der Waals surface area contributed by atoms with Crippen LogP contribution in [0.15, 0.2) is 28.7 Å². The molecule has 2 rings (SSSR count). The number of rotatable bonds is 5. The second-order valence-electron chi connectivity index (χ2n) is 4.46. The van der Waals surface area contributed by atoms with Crippen LogP contribution in [0.3, 0.4) is 0 Å². The Labute approximate surface area is 125 Å².